The molecule has 8 heteroatoms. The fourth-order valence-electron chi connectivity index (χ4n) is 2.12. The van der Waals surface area contributed by atoms with E-state index in [1.165, 1.54) is 28.6 Å². The van der Waals surface area contributed by atoms with Crippen LogP contribution in [0, 0.1) is 6.92 Å². The molecule has 1 saturated heterocycles. The Morgan fingerprint density at radius 2 is 2.14 bits per heavy atom. The van der Waals surface area contributed by atoms with E-state index in [1.807, 2.05) is 31.2 Å². The number of benzene rings is 1. The molecule has 5 nitrogen and oxygen atoms in total. The number of aliphatic carboxylic acids is 1. The topological polar surface area (TPSA) is 70.0 Å². The molecule has 2 heterocycles. The SMILES string of the molecule is Cc1ccc(S/N=C2\C(=O)N3C(C(=O)O)=C(Cl)CSC23)cc1. The number of carbonyl (C=O) groups excluding carboxylic acids is 1. The lowest BCUT2D eigenvalue weighted by molar-refractivity contribution is -0.139. The number of carboxylic acid groups (broad SMARTS) is 1. The smallest absolute Gasteiger partial charge is 0.353 e. The van der Waals surface area contributed by atoms with Crippen LogP contribution in [0.1, 0.15) is 5.56 Å². The van der Waals surface area contributed by atoms with Crippen LogP contribution < -0.4 is 0 Å². The molecule has 22 heavy (non-hydrogen) atoms. The highest BCUT2D eigenvalue weighted by Crippen LogP contribution is 2.40. The van der Waals surface area contributed by atoms with Gasteiger partial charge in [-0.15, -0.1) is 11.8 Å². The van der Waals surface area contributed by atoms with E-state index in [4.69, 9.17) is 11.6 Å². The van der Waals surface area contributed by atoms with Crippen molar-refractivity contribution in [1.29, 1.82) is 0 Å². The normalized spacial score (nSPS) is 22.6. The van der Waals surface area contributed by atoms with Gasteiger partial charge in [-0.25, -0.2) is 9.19 Å². The lowest BCUT2D eigenvalue weighted by Gasteiger charge is -2.43. The molecule has 0 bridgehead atoms. The second-order valence-electron chi connectivity index (χ2n) is 4.78. The highest BCUT2D eigenvalue weighted by Gasteiger charge is 2.51. The Kier molecular flexibility index (Phi) is 4.20. The quantitative estimate of drug-likeness (QED) is 0.667. The Bertz CT molecular complexity index is 715. The molecular weight excluding hydrogens is 344 g/mol. The van der Waals surface area contributed by atoms with Crippen molar-refractivity contribution in [2.75, 3.05) is 5.75 Å². The Balaban J connectivity index is 1.79. The van der Waals surface area contributed by atoms with Crippen LogP contribution in [0.4, 0.5) is 0 Å². The lowest BCUT2D eigenvalue weighted by Crippen LogP contribution is -2.62. The monoisotopic (exact) mass is 354 g/mol. The second-order valence-corrected chi connectivity index (χ2v) is 7.14. The Hall–Kier alpha value is -1.44. The van der Waals surface area contributed by atoms with Crippen LogP contribution in [0.15, 0.2) is 44.3 Å². The molecule has 0 saturated carbocycles. The zero-order chi connectivity index (χ0) is 15.9. The van der Waals surface area contributed by atoms with Gasteiger partial charge in [0.2, 0.25) is 0 Å². The first kappa shape index (κ1) is 15.5. The van der Waals surface area contributed by atoms with Crippen molar-refractivity contribution in [2.45, 2.75) is 17.2 Å². The summed E-state index contributed by atoms with van der Waals surface area (Å²) < 4.78 is 4.28. The number of aryl methyl sites for hydroxylation is 1. The van der Waals surface area contributed by atoms with Crippen LogP contribution >= 0.6 is 35.3 Å². The maximum Gasteiger partial charge on any atom is 0.353 e. The van der Waals surface area contributed by atoms with Gasteiger partial charge in [-0.1, -0.05) is 29.3 Å². The van der Waals surface area contributed by atoms with Crippen LogP contribution in [0.2, 0.25) is 0 Å². The lowest BCUT2D eigenvalue weighted by atomic mass is 10.1. The standard InChI is InChI=1S/C14H11ClN2O3S2/c1-7-2-4-8(5-3-7)22-16-10-12(18)17-11(14(19)20)9(15)6-21-13(10)17/h2-5,13H,6H2,1H3,(H,19,20)/b16-10+. The summed E-state index contributed by atoms with van der Waals surface area (Å²) >= 11 is 8.52. The van der Waals surface area contributed by atoms with Gasteiger partial charge in [0.15, 0.2) is 0 Å². The molecule has 0 radical (unpaired) electrons. The number of rotatable bonds is 3. The van der Waals surface area contributed by atoms with Gasteiger partial charge in [0, 0.05) is 22.6 Å². The Morgan fingerprint density at radius 1 is 1.45 bits per heavy atom. The van der Waals surface area contributed by atoms with Crippen LogP contribution in [0.3, 0.4) is 0 Å². The van der Waals surface area contributed by atoms with E-state index < -0.39 is 11.9 Å². The zero-order valence-electron chi connectivity index (χ0n) is 11.4. The molecule has 1 amide bonds. The Labute approximate surface area is 140 Å². The number of thioether (sulfide) groups is 1. The Morgan fingerprint density at radius 3 is 2.77 bits per heavy atom. The van der Waals surface area contributed by atoms with Crippen molar-refractivity contribution in [3.8, 4) is 0 Å². The molecule has 0 spiro atoms. The average molecular weight is 355 g/mol. The van der Waals surface area contributed by atoms with Crippen molar-refractivity contribution in [3.63, 3.8) is 0 Å². The van der Waals surface area contributed by atoms with E-state index in [0.29, 0.717) is 11.5 Å². The number of hydrogen-bond donors (Lipinski definition) is 1. The predicted octanol–water partition coefficient (Wildman–Crippen LogP) is 2.89. The summed E-state index contributed by atoms with van der Waals surface area (Å²) in [6.45, 7) is 2.00. The number of hydrogen-bond acceptors (Lipinski definition) is 5. The average Bonchev–Trinajstić information content (AvgIpc) is 2.49. The first-order chi connectivity index (χ1) is 10.5. The zero-order valence-corrected chi connectivity index (χ0v) is 13.8. The summed E-state index contributed by atoms with van der Waals surface area (Å²) in [5.74, 6) is -1.22. The summed E-state index contributed by atoms with van der Waals surface area (Å²) in [5.41, 5.74) is 1.39. The van der Waals surface area contributed by atoms with Crippen LogP contribution in [-0.2, 0) is 9.59 Å². The number of nitrogens with zero attached hydrogens (tertiary/aromatic N) is 2. The van der Waals surface area contributed by atoms with Gasteiger partial charge in [-0.05, 0) is 19.1 Å². The number of β-lactam (4-membered cyclic amide) rings is 1. The molecule has 1 N–H and O–H groups in total. The largest absolute Gasteiger partial charge is 0.477 e. The summed E-state index contributed by atoms with van der Waals surface area (Å²) in [4.78, 5) is 25.5. The predicted molar refractivity (Wildman–Crippen MR) is 88.1 cm³/mol. The third-order valence-electron chi connectivity index (χ3n) is 3.25. The van der Waals surface area contributed by atoms with Gasteiger partial charge in [-0.2, -0.15) is 0 Å². The summed E-state index contributed by atoms with van der Waals surface area (Å²) in [6.07, 6.45) is 0. The molecule has 1 aromatic rings. The number of carboxylic acids is 1. The van der Waals surface area contributed by atoms with Crippen LogP contribution in [0.25, 0.3) is 0 Å². The fraction of sp³-hybridized carbons (Fsp3) is 0.214. The third kappa shape index (κ3) is 2.64. The maximum atomic E-state index is 12.1. The van der Waals surface area contributed by atoms with E-state index in [0.717, 1.165) is 10.5 Å². The fourth-order valence-corrected chi connectivity index (χ4v) is 4.29. The van der Waals surface area contributed by atoms with E-state index >= 15 is 0 Å². The molecule has 114 valence electrons. The summed E-state index contributed by atoms with van der Waals surface area (Å²) in [6, 6.07) is 7.80. The maximum absolute atomic E-state index is 12.1. The molecule has 1 atom stereocenters. The first-order valence-electron chi connectivity index (χ1n) is 6.37. The molecule has 1 unspecified atom stereocenters. The van der Waals surface area contributed by atoms with Gasteiger partial charge in [-0.3, -0.25) is 9.69 Å². The van der Waals surface area contributed by atoms with Crippen molar-refractivity contribution >= 4 is 52.9 Å². The number of halogens is 1. The van der Waals surface area contributed by atoms with Crippen molar-refractivity contribution in [1.82, 2.24) is 4.90 Å². The van der Waals surface area contributed by atoms with E-state index in [-0.39, 0.29) is 16.1 Å². The van der Waals surface area contributed by atoms with E-state index in [1.54, 1.807) is 0 Å². The van der Waals surface area contributed by atoms with Crippen LogP contribution in [0.5, 0.6) is 0 Å². The minimum Gasteiger partial charge on any atom is -0.477 e. The molecule has 2 aliphatic rings. The highest BCUT2D eigenvalue weighted by molar-refractivity contribution is 8.01. The summed E-state index contributed by atoms with van der Waals surface area (Å²) in [7, 11) is 0. The molecule has 1 aromatic carbocycles. The molecule has 2 aliphatic heterocycles. The molecule has 3 rings (SSSR count). The molecule has 0 aromatic heterocycles. The van der Waals surface area contributed by atoms with E-state index in [9.17, 15) is 14.7 Å². The number of amides is 1. The minimum absolute atomic E-state index is 0.130. The van der Waals surface area contributed by atoms with Crippen molar-refractivity contribution in [3.05, 3.63) is 40.6 Å². The van der Waals surface area contributed by atoms with Gasteiger partial charge in [0.1, 0.15) is 16.8 Å². The summed E-state index contributed by atoms with van der Waals surface area (Å²) in [5, 5.41) is 9.00. The second kappa shape index (κ2) is 5.98. The van der Waals surface area contributed by atoms with Crippen LogP contribution in [-0.4, -0.2) is 38.7 Å². The molecule has 1 fully saturated rings. The first-order valence-corrected chi connectivity index (χ1v) is 8.57. The highest BCUT2D eigenvalue weighted by atomic mass is 35.5. The van der Waals surface area contributed by atoms with Gasteiger partial charge in [0.05, 0.1) is 5.03 Å². The van der Waals surface area contributed by atoms with Gasteiger partial charge >= 0.3 is 5.97 Å². The third-order valence-corrected chi connectivity index (χ3v) is 5.69. The minimum atomic E-state index is -1.19. The van der Waals surface area contributed by atoms with Gasteiger partial charge < -0.3 is 5.11 Å². The van der Waals surface area contributed by atoms with Crippen molar-refractivity contribution < 1.29 is 14.7 Å². The van der Waals surface area contributed by atoms with Gasteiger partial charge in [0.25, 0.3) is 5.91 Å². The van der Waals surface area contributed by atoms with E-state index in [2.05, 4.69) is 4.40 Å². The van der Waals surface area contributed by atoms with Crippen molar-refractivity contribution in [2.24, 2.45) is 4.40 Å². The molecule has 0 aliphatic carbocycles. The number of fused-ring (bicyclic) bond motifs is 1. The molecular formula is C14H11ClN2O3S2. The number of carbonyl (C=O) groups is 2.